The van der Waals surface area contributed by atoms with Crippen molar-refractivity contribution in [1.29, 1.82) is 0 Å². The van der Waals surface area contributed by atoms with Crippen molar-refractivity contribution in [3.63, 3.8) is 0 Å². The summed E-state index contributed by atoms with van der Waals surface area (Å²) in [6.45, 7) is 0.507. The Morgan fingerprint density at radius 1 is 1.29 bits per heavy atom. The van der Waals surface area contributed by atoms with E-state index < -0.39 is 10.0 Å². The number of rotatable bonds is 8. The van der Waals surface area contributed by atoms with E-state index in [1.807, 2.05) is 0 Å². The first kappa shape index (κ1) is 18.6. The number of nitrogens with one attached hydrogen (secondary N) is 1. The predicted octanol–water partition coefficient (Wildman–Crippen LogP) is 2.60. The second-order valence-corrected chi connectivity index (χ2v) is 8.49. The van der Waals surface area contributed by atoms with Crippen LogP contribution in [0.3, 0.4) is 0 Å². The molecule has 0 aliphatic carbocycles. The van der Waals surface area contributed by atoms with Gasteiger partial charge in [0.1, 0.15) is 10.0 Å². The molecule has 2 aromatic rings. The van der Waals surface area contributed by atoms with Crippen LogP contribution in [0.15, 0.2) is 46.0 Å². The maximum Gasteiger partial charge on any atom is 0.252 e. The van der Waals surface area contributed by atoms with E-state index in [1.54, 1.807) is 29.6 Å². The van der Waals surface area contributed by atoms with E-state index in [0.717, 1.165) is 0 Å². The van der Waals surface area contributed by atoms with Crippen molar-refractivity contribution in [2.45, 2.75) is 23.6 Å². The van der Waals surface area contributed by atoms with Gasteiger partial charge in [0.05, 0.1) is 0 Å². The Morgan fingerprint density at radius 3 is 2.75 bits per heavy atom. The molecule has 0 saturated heterocycles. The topological polar surface area (TPSA) is 66.5 Å². The lowest BCUT2D eigenvalue weighted by atomic mass is 10.2. The van der Waals surface area contributed by atoms with Crippen molar-refractivity contribution in [2.24, 2.45) is 0 Å². The van der Waals surface area contributed by atoms with Crippen molar-refractivity contribution >= 4 is 27.3 Å². The second-order valence-electron chi connectivity index (χ2n) is 5.27. The van der Waals surface area contributed by atoms with Crippen LogP contribution in [0.1, 0.15) is 18.4 Å². The first-order valence-corrected chi connectivity index (χ1v) is 9.72. The van der Waals surface area contributed by atoms with E-state index in [9.17, 15) is 17.6 Å². The molecular weight excluding hydrogens is 351 g/mol. The zero-order chi connectivity index (χ0) is 17.6. The summed E-state index contributed by atoms with van der Waals surface area (Å²) in [4.78, 5) is 11.8. The first-order valence-electron chi connectivity index (χ1n) is 7.40. The molecule has 1 aromatic heterocycles. The van der Waals surface area contributed by atoms with E-state index in [-0.39, 0.29) is 31.2 Å². The average molecular weight is 370 g/mol. The fraction of sp³-hybridized carbons (Fsp3) is 0.312. The third-order valence-electron chi connectivity index (χ3n) is 3.42. The molecule has 2 rings (SSSR count). The number of carbonyl (C=O) groups excluding carboxylic acids is 1. The fourth-order valence-corrected chi connectivity index (χ4v) is 4.49. The Morgan fingerprint density at radius 2 is 2.08 bits per heavy atom. The first-order chi connectivity index (χ1) is 11.4. The molecule has 0 saturated carbocycles. The quantitative estimate of drug-likeness (QED) is 0.777. The molecule has 0 bridgehead atoms. The van der Waals surface area contributed by atoms with Gasteiger partial charge in [-0.3, -0.25) is 4.79 Å². The number of benzene rings is 1. The minimum absolute atomic E-state index is 0.193. The molecule has 0 aliphatic heterocycles. The summed E-state index contributed by atoms with van der Waals surface area (Å²) in [5.41, 5.74) is 0.681. The summed E-state index contributed by atoms with van der Waals surface area (Å²) in [6.07, 6.45) is 0.621. The lowest BCUT2D eigenvalue weighted by molar-refractivity contribution is -0.121. The molecule has 0 unspecified atom stereocenters. The fourth-order valence-electron chi connectivity index (χ4n) is 2.08. The van der Waals surface area contributed by atoms with E-state index in [1.165, 1.54) is 34.8 Å². The number of nitrogens with zero attached hydrogens (tertiary/aromatic N) is 1. The molecule has 0 aliphatic rings. The number of amides is 1. The molecule has 24 heavy (non-hydrogen) atoms. The Kier molecular flexibility index (Phi) is 6.47. The van der Waals surface area contributed by atoms with Crippen LogP contribution < -0.4 is 5.32 Å². The maximum absolute atomic E-state index is 13.0. The predicted molar refractivity (Wildman–Crippen MR) is 91.6 cm³/mol. The minimum Gasteiger partial charge on any atom is -0.352 e. The molecule has 5 nitrogen and oxygen atoms in total. The highest BCUT2D eigenvalue weighted by Gasteiger charge is 2.21. The third-order valence-corrected chi connectivity index (χ3v) is 6.65. The van der Waals surface area contributed by atoms with Crippen LogP contribution in [-0.4, -0.2) is 32.2 Å². The lowest BCUT2D eigenvalue weighted by Gasteiger charge is -2.15. The second kappa shape index (κ2) is 8.36. The van der Waals surface area contributed by atoms with Crippen molar-refractivity contribution in [3.8, 4) is 0 Å². The number of carbonyl (C=O) groups is 1. The number of hydrogen-bond acceptors (Lipinski definition) is 4. The highest BCUT2D eigenvalue weighted by Crippen LogP contribution is 2.19. The molecule has 1 amide bonds. The van der Waals surface area contributed by atoms with Crippen LogP contribution in [-0.2, 0) is 21.4 Å². The van der Waals surface area contributed by atoms with E-state index in [4.69, 9.17) is 0 Å². The number of sulfonamides is 1. The van der Waals surface area contributed by atoms with Gasteiger partial charge in [-0.1, -0.05) is 18.2 Å². The summed E-state index contributed by atoms with van der Waals surface area (Å²) >= 11 is 1.17. The van der Waals surface area contributed by atoms with Crippen molar-refractivity contribution in [3.05, 3.63) is 53.2 Å². The Balaban J connectivity index is 1.74. The summed E-state index contributed by atoms with van der Waals surface area (Å²) in [5.74, 6) is -0.539. The van der Waals surface area contributed by atoms with Crippen LogP contribution in [0.4, 0.5) is 4.39 Å². The molecular formula is C16H19FN2O3S2. The summed E-state index contributed by atoms with van der Waals surface area (Å²) in [7, 11) is -1.98. The van der Waals surface area contributed by atoms with Gasteiger partial charge in [-0.25, -0.2) is 17.1 Å². The van der Waals surface area contributed by atoms with Gasteiger partial charge in [0, 0.05) is 26.6 Å². The van der Waals surface area contributed by atoms with Gasteiger partial charge < -0.3 is 5.32 Å². The highest BCUT2D eigenvalue weighted by molar-refractivity contribution is 7.91. The van der Waals surface area contributed by atoms with E-state index in [2.05, 4.69) is 5.32 Å². The Hall–Kier alpha value is -1.77. The molecule has 0 spiro atoms. The van der Waals surface area contributed by atoms with Crippen LogP contribution in [0.5, 0.6) is 0 Å². The molecule has 8 heteroatoms. The standard InChI is InChI=1S/C16H19FN2O3S2/c1-19(24(21,22)16-8-4-10-23-16)9-3-7-15(20)18-12-13-5-2-6-14(17)11-13/h2,4-6,8,10-11H,3,7,9,12H2,1H3,(H,18,20). The maximum atomic E-state index is 13.0. The SMILES string of the molecule is CN(CCCC(=O)NCc1cccc(F)c1)S(=O)(=O)c1cccs1. The molecule has 0 atom stereocenters. The van der Waals surface area contributed by atoms with Gasteiger partial charge in [0.15, 0.2) is 0 Å². The van der Waals surface area contributed by atoms with Crippen LogP contribution >= 0.6 is 11.3 Å². The zero-order valence-corrected chi connectivity index (χ0v) is 14.9. The minimum atomic E-state index is -3.48. The Bertz CT molecular complexity index is 776. The number of thiophene rings is 1. The van der Waals surface area contributed by atoms with Crippen LogP contribution in [0.2, 0.25) is 0 Å². The molecule has 130 valence electrons. The van der Waals surface area contributed by atoms with Gasteiger partial charge in [-0.2, -0.15) is 0 Å². The average Bonchev–Trinajstić information content (AvgIpc) is 3.08. The van der Waals surface area contributed by atoms with Gasteiger partial charge in [0.2, 0.25) is 5.91 Å². The molecule has 1 N–H and O–H groups in total. The molecule has 0 radical (unpaired) electrons. The van der Waals surface area contributed by atoms with Gasteiger partial charge in [-0.05, 0) is 35.6 Å². The van der Waals surface area contributed by atoms with Crippen molar-refractivity contribution in [2.75, 3.05) is 13.6 Å². The number of halogens is 1. The largest absolute Gasteiger partial charge is 0.352 e. The molecule has 1 aromatic carbocycles. The highest BCUT2D eigenvalue weighted by atomic mass is 32.2. The molecule has 0 fully saturated rings. The Labute approximate surface area is 145 Å². The normalized spacial score (nSPS) is 11.6. The number of hydrogen-bond donors (Lipinski definition) is 1. The smallest absolute Gasteiger partial charge is 0.252 e. The zero-order valence-electron chi connectivity index (χ0n) is 13.2. The van der Waals surface area contributed by atoms with E-state index in [0.29, 0.717) is 16.2 Å². The van der Waals surface area contributed by atoms with Gasteiger partial charge in [0.25, 0.3) is 10.0 Å². The third kappa shape index (κ3) is 5.12. The van der Waals surface area contributed by atoms with Crippen LogP contribution in [0, 0.1) is 5.82 Å². The monoisotopic (exact) mass is 370 g/mol. The summed E-state index contributed by atoms with van der Waals surface area (Å²) < 4.78 is 39.0. The van der Waals surface area contributed by atoms with E-state index >= 15 is 0 Å². The van der Waals surface area contributed by atoms with Crippen LogP contribution in [0.25, 0.3) is 0 Å². The van der Waals surface area contributed by atoms with Crippen molar-refractivity contribution < 1.29 is 17.6 Å². The molecule has 1 heterocycles. The van der Waals surface area contributed by atoms with Gasteiger partial charge >= 0.3 is 0 Å². The summed E-state index contributed by atoms with van der Waals surface area (Å²) in [5, 5.41) is 4.40. The lowest BCUT2D eigenvalue weighted by Crippen LogP contribution is -2.29. The van der Waals surface area contributed by atoms with Crippen molar-refractivity contribution in [1.82, 2.24) is 9.62 Å². The van der Waals surface area contributed by atoms with Gasteiger partial charge in [-0.15, -0.1) is 11.3 Å². The summed E-state index contributed by atoms with van der Waals surface area (Å²) in [6, 6.07) is 9.26.